The Balaban J connectivity index is 1.69. The molecule has 2 aromatic rings. The van der Waals surface area contributed by atoms with E-state index in [9.17, 15) is 4.79 Å². The second-order valence-corrected chi connectivity index (χ2v) is 6.75. The fourth-order valence-corrected chi connectivity index (χ4v) is 3.06. The number of piperazine rings is 1. The van der Waals surface area contributed by atoms with Crippen molar-refractivity contribution in [2.24, 2.45) is 0 Å². The fourth-order valence-electron chi connectivity index (χ4n) is 3.06. The number of amides is 1. The van der Waals surface area contributed by atoms with Gasteiger partial charge in [0.15, 0.2) is 0 Å². The van der Waals surface area contributed by atoms with Crippen LogP contribution in [0.1, 0.15) is 36.6 Å². The first-order chi connectivity index (χ1) is 12.6. The molecule has 1 atom stereocenters. The van der Waals surface area contributed by atoms with E-state index in [4.69, 9.17) is 0 Å². The Labute approximate surface area is 155 Å². The van der Waals surface area contributed by atoms with Gasteiger partial charge in [0.05, 0.1) is 0 Å². The number of para-hydroxylation sites is 1. The van der Waals surface area contributed by atoms with Crippen molar-refractivity contribution in [2.75, 3.05) is 36.0 Å². The molecular weight excluding hydrogens is 326 g/mol. The van der Waals surface area contributed by atoms with E-state index in [2.05, 4.69) is 49.4 Å². The van der Waals surface area contributed by atoms with Crippen LogP contribution >= 0.6 is 0 Å². The van der Waals surface area contributed by atoms with E-state index in [1.165, 1.54) is 5.69 Å². The van der Waals surface area contributed by atoms with Gasteiger partial charge in [-0.3, -0.25) is 4.79 Å². The zero-order valence-electron chi connectivity index (χ0n) is 15.8. The van der Waals surface area contributed by atoms with Crippen LogP contribution in [0.15, 0.2) is 36.4 Å². The summed E-state index contributed by atoms with van der Waals surface area (Å²) >= 11 is 0. The summed E-state index contributed by atoms with van der Waals surface area (Å²) in [5.41, 5.74) is 1.69. The van der Waals surface area contributed by atoms with Crippen molar-refractivity contribution in [1.82, 2.24) is 15.3 Å². The van der Waals surface area contributed by atoms with Crippen LogP contribution in [0.3, 0.4) is 0 Å². The molecule has 138 valence electrons. The van der Waals surface area contributed by atoms with Gasteiger partial charge in [-0.05, 0) is 32.4 Å². The summed E-state index contributed by atoms with van der Waals surface area (Å²) < 4.78 is 0. The fraction of sp³-hybridized carbons (Fsp3) is 0.450. The van der Waals surface area contributed by atoms with E-state index in [1.807, 2.05) is 32.9 Å². The molecule has 6 nitrogen and oxygen atoms in total. The number of benzene rings is 1. The lowest BCUT2D eigenvalue weighted by molar-refractivity contribution is 0.0934. The monoisotopic (exact) mass is 353 g/mol. The number of carbonyl (C=O) groups excluding carboxylic acids is 1. The zero-order valence-corrected chi connectivity index (χ0v) is 15.8. The third kappa shape index (κ3) is 4.31. The zero-order chi connectivity index (χ0) is 18.5. The second kappa shape index (κ2) is 8.17. The largest absolute Gasteiger partial charge is 0.368 e. The lowest BCUT2D eigenvalue weighted by Crippen LogP contribution is -2.47. The highest BCUT2D eigenvalue weighted by Crippen LogP contribution is 2.19. The van der Waals surface area contributed by atoms with Gasteiger partial charge in [-0.15, -0.1) is 0 Å². The lowest BCUT2D eigenvalue weighted by atomic mass is 10.2. The quantitative estimate of drug-likeness (QED) is 0.895. The number of aromatic nitrogens is 2. The minimum Gasteiger partial charge on any atom is -0.368 e. The number of nitrogens with zero attached hydrogens (tertiary/aromatic N) is 4. The second-order valence-electron chi connectivity index (χ2n) is 6.75. The number of hydrogen-bond acceptors (Lipinski definition) is 5. The van der Waals surface area contributed by atoms with E-state index in [0.29, 0.717) is 11.5 Å². The maximum Gasteiger partial charge on any atom is 0.270 e. The highest BCUT2D eigenvalue weighted by molar-refractivity contribution is 5.93. The molecule has 1 N–H and O–H groups in total. The van der Waals surface area contributed by atoms with Gasteiger partial charge in [0.1, 0.15) is 17.3 Å². The predicted octanol–water partition coefficient (Wildman–Crippen LogP) is 2.64. The number of rotatable bonds is 5. The van der Waals surface area contributed by atoms with Gasteiger partial charge in [0.2, 0.25) is 0 Å². The molecule has 26 heavy (non-hydrogen) atoms. The summed E-state index contributed by atoms with van der Waals surface area (Å²) in [6, 6.07) is 12.4. The molecule has 6 heteroatoms. The van der Waals surface area contributed by atoms with E-state index < -0.39 is 0 Å². The molecule has 1 saturated heterocycles. The van der Waals surface area contributed by atoms with Crippen molar-refractivity contribution in [1.29, 1.82) is 0 Å². The Bertz CT molecular complexity index is 741. The molecule has 0 spiro atoms. The van der Waals surface area contributed by atoms with Gasteiger partial charge in [0.25, 0.3) is 5.91 Å². The van der Waals surface area contributed by atoms with Crippen LogP contribution in [0.5, 0.6) is 0 Å². The van der Waals surface area contributed by atoms with Crippen molar-refractivity contribution < 1.29 is 4.79 Å². The molecule has 1 aliphatic heterocycles. The Hall–Kier alpha value is -2.63. The van der Waals surface area contributed by atoms with Crippen molar-refractivity contribution >= 4 is 17.4 Å². The minimum atomic E-state index is -0.131. The highest BCUT2D eigenvalue weighted by atomic mass is 16.1. The molecule has 1 unspecified atom stereocenters. The SMILES string of the molecule is CCC(C)NC(=O)c1cc(N2CCN(c3ccccc3)CC2)nc(C)n1. The number of aryl methyl sites for hydroxylation is 1. The average Bonchev–Trinajstić information content (AvgIpc) is 2.68. The van der Waals surface area contributed by atoms with Crippen molar-refractivity contribution in [2.45, 2.75) is 33.2 Å². The minimum absolute atomic E-state index is 0.131. The number of anilines is 2. The third-order valence-electron chi connectivity index (χ3n) is 4.77. The number of hydrogen-bond donors (Lipinski definition) is 1. The molecule has 1 fully saturated rings. The summed E-state index contributed by atoms with van der Waals surface area (Å²) in [6.45, 7) is 9.49. The molecule has 0 saturated carbocycles. The summed E-state index contributed by atoms with van der Waals surface area (Å²) in [5.74, 6) is 1.33. The summed E-state index contributed by atoms with van der Waals surface area (Å²) in [5, 5.41) is 2.98. The van der Waals surface area contributed by atoms with Crippen LogP contribution in [-0.2, 0) is 0 Å². The van der Waals surface area contributed by atoms with Gasteiger partial charge in [-0.1, -0.05) is 25.1 Å². The van der Waals surface area contributed by atoms with Gasteiger partial charge >= 0.3 is 0 Å². The molecule has 0 bridgehead atoms. The van der Waals surface area contributed by atoms with Crippen LogP contribution < -0.4 is 15.1 Å². The molecule has 2 heterocycles. The maximum absolute atomic E-state index is 12.4. The van der Waals surface area contributed by atoms with Gasteiger partial charge < -0.3 is 15.1 Å². The summed E-state index contributed by atoms with van der Waals surface area (Å²) in [6.07, 6.45) is 0.893. The van der Waals surface area contributed by atoms with Crippen LogP contribution in [0, 0.1) is 6.92 Å². The standard InChI is InChI=1S/C20H27N5O/c1-4-15(2)21-20(26)18-14-19(23-16(3)22-18)25-12-10-24(11-13-25)17-8-6-5-7-9-17/h5-9,14-15H,4,10-13H2,1-3H3,(H,21,26). The van der Waals surface area contributed by atoms with Crippen LogP contribution in [0.2, 0.25) is 0 Å². The van der Waals surface area contributed by atoms with Gasteiger partial charge in [-0.25, -0.2) is 9.97 Å². The highest BCUT2D eigenvalue weighted by Gasteiger charge is 2.20. The lowest BCUT2D eigenvalue weighted by Gasteiger charge is -2.36. The topological polar surface area (TPSA) is 61.4 Å². The third-order valence-corrected chi connectivity index (χ3v) is 4.77. The smallest absolute Gasteiger partial charge is 0.270 e. The molecule has 0 aliphatic carbocycles. The molecule has 1 aromatic carbocycles. The van der Waals surface area contributed by atoms with Gasteiger partial charge in [-0.2, -0.15) is 0 Å². The molecule has 1 aliphatic rings. The van der Waals surface area contributed by atoms with Crippen LogP contribution in [-0.4, -0.2) is 48.1 Å². The maximum atomic E-state index is 12.4. The molecule has 3 rings (SSSR count). The van der Waals surface area contributed by atoms with Crippen molar-refractivity contribution in [3.05, 3.63) is 47.9 Å². The Kier molecular flexibility index (Phi) is 5.71. The molecule has 0 radical (unpaired) electrons. The first-order valence-electron chi connectivity index (χ1n) is 9.28. The van der Waals surface area contributed by atoms with E-state index in [1.54, 1.807) is 0 Å². The number of carbonyl (C=O) groups is 1. The molecular formula is C20H27N5O. The van der Waals surface area contributed by atoms with E-state index >= 15 is 0 Å². The Morgan fingerprint density at radius 1 is 1.12 bits per heavy atom. The van der Waals surface area contributed by atoms with Crippen molar-refractivity contribution in [3.63, 3.8) is 0 Å². The van der Waals surface area contributed by atoms with Gasteiger partial charge in [0, 0.05) is 44.0 Å². The first kappa shape index (κ1) is 18.2. The average molecular weight is 353 g/mol. The van der Waals surface area contributed by atoms with E-state index in [0.717, 1.165) is 38.4 Å². The summed E-state index contributed by atoms with van der Waals surface area (Å²) in [7, 11) is 0. The van der Waals surface area contributed by atoms with Crippen molar-refractivity contribution in [3.8, 4) is 0 Å². The predicted molar refractivity (Wildman–Crippen MR) is 105 cm³/mol. The van der Waals surface area contributed by atoms with Crippen LogP contribution in [0.4, 0.5) is 11.5 Å². The summed E-state index contributed by atoms with van der Waals surface area (Å²) in [4.78, 5) is 25.9. The first-order valence-corrected chi connectivity index (χ1v) is 9.28. The normalized spacial score (nSPS) is 15.7. The molecule has 1 aromatic heterocycles. The van der Waals surface area contributed by atoms with E-state index in [-0.39, 0.29) is 11.9 Å². The Morgan fingerprint density at radius 3 is 2.42 bits per heavy atom. The Morgan fingerprint density at radius 2 is 1.77 bits per heavy atom. The molecule has 1 amide bonds. The van der Waals surface area contributed by atoms with Crippen LogP contribution in [0.25, 0.3) is 0 Å². The number of nitrogens with one attached hydrogen (secondary N) is 1.